The van der Waals surface area contributed by atoms with Gasteiger partial charge in [-0.15, -0.1) is 23.2 Å². The Hall–Kier alpha value is 0.210. The van der Waals surface area contributed by atoms with E-state index in [-0.39, 0.29) is 23.0 Å². The fourth-order valence-corrected chi connectivity index (χ4v) is 1.11. The third kappa shape index (κ3) is 1.62. The summed E-state index contributed by atoms with van der Waals surface area (Å²) in [5.74, 6) is 0. The highest BCUT2D eigenvalue weighted by molar-refractivity contribution is 6.30. The molecular weight excluding hydrogens is 175 g/mol. The summed E-state index contributed by atoms with van der Waals surface area (Å²) in [6, 6.07) is 0. The molecule has 0 aromatic carbocycles. The van der Waals surface area contributed by atoms with Crippen LogP contribution in [0.2, 0.25) is 0 Å². The SMILES string of the molecule is C[C@@H](Cl)[C@@H](Cl)[C@H]1O[C@H]1C=O. The maximum atomic E-state index is 10.1. The van der Waals surface area contributed by atoms with Gasteiger partial charge in [0.1, 0.15) is 12.2 Å². The lowest BCUT2D eigenvalue weighted by Crippen LogP contribution is -2.19. The van der Waals surface area contributed by atoms with Crippen LogP contribution >= 0.6 is 23.2 Å². The van der Waals surface area contributed by atoms with E-state index in [2.05, 4.69) is 0 Å². The second-order valence-electron chi connectivity index (χ2n) is 2.32. The predicted molar refractivity (Wildman–Crippen MR) is 39.7 cm³/mol. The van der Waals surface area contributed by atoms with Crippen molar-refractivity contribution in [2.75, 3.05) is 0 Å². The largest absolute Gasteiger partial charge is 0.360 e. The molecule has 0 aliphatic carbocycles. The zero-order chi connectivity index (χ0) is 7.72. The first-order valence-electron chi connectivity index (χ1n) is 3.05. The van der Waals surface area contributed by atoms with Gasteiger partial charge in [-0.25, -0.2) is 0 Å². The van der Waals surface area contributed by atoms with Crippen molar-refractivity contribution < 1.29 is 9.53 Å². The summed E-state index contributed by atoms with van der Waals surface area (Å²) >= 11 is 11.4. The van der Waals surface area contributed by atoms with Gasteiger partial charge in [-0.05, 0) is 6.92 Å². The Balaban J connectivity index is 2.32. The Bertz CT molecular complexity index is 138. The second-order valence-corrected chi connectivity index (χ2v) is 3.52. The van der Waals surface area contributed by atoms with E-state index in [1.807, 2.05) is 0 Å². The van der Waals surface area contributed by atoms with Gasteiger partial charge in [0.05, 0.1) is 5.38 Å². The number of aldehydes is 1. The first-order valence-corrected chi connectivity index (χ1v) is 3.93. The molecule has 0 radical (unpaired) electrons. The number of epoxide rings is 1. The number of halogens is 2. The monoisotopic (exact) mass is 182 g/mol. The van der Waals surface area contributed by atoms with Crippen LogP contribution in [0.1, 0.15) is 6.92 Å². The van der Waals surface area contributed by atoms with Crippen LogP contribution in [-0.4, -0.2) is 29.2 Å². The van der Waals surface area contributed by atoms with E-state index in [1.54, 1.807) is 6.92 Å². The Morgan fingerprint density at radius 1 is 1.60 bits per heavy atom. The van der Waals surface area contributed by atoms with Crippen LogP contribution in [-0.2, 0) is 9.53 Å². The molecule has 1 aliphatic heterocycles. The molecular formula is C6H8Cl2O2. The molecule has 58 valence electrons. The van der Waals surface area contributed by atoms with Gasteiger partial charge in [-0.1, -0.05) is 0 Å². The lowest BCUT2D eigenvalue weighted by Gasteiger charge is -2.06. The molecule has 0 bridgehead atoms. The summed E-state index contributed by atoms with van der Waals surface area (Å²) in [5.41, 5.74) is 0. The Morgan fingerprint density at radius 2 is 2.20 bits per heavy atom. The predicted octanol–water partition coefficient (Wildman–Crippen LogP) is 1.19. The minimum Gasteiger partial charge on any atom is -0.360 e. The van der Waals surface area contributed by atoms with Crippen molar-refractivity contribution in [3.63, 3.8) is 0 Å². The molecule has 1 rings (SSSR count). The van der Waals surface area contributed by atoms with Gasteiger partial charge in [-0.3, -0.25) is 0 Å². The summed E-state index contributed by atoms with van der Waals surface area (Å²) in [4.78, 5) is 10.1. The summed E-state index contributed by atoms with van der Waals surface area (Å²) in [5, 5.41) is -0.409. The standard InChI is InChI=1S/C6H8Cl2O2/c1-3(7)5(8)6-4(2-9)10-6/h2-6H,1H3/t3-,4+,5-,6+/m1/s1. The molecule has 0 unspecified atom stereocenters. The molecule has 0 spiro atoms. The van der Waals surface area contributed by atoms with E-state index in [0.29, 0.717) is 0 Å². The lowest BCUT2D eigenvalue weighted by atomic mass is 10.2. The van der Waals surface area contributed by atoms with Crippen LogP contribution in [0, 0.1) is 0 Å². The number of ether oxygens (including phenoxy) is 1. The molecule has 0 aromatic heterocycles. The van der Waals surface area contributed by atoms with Crippen molar-refractivity contribution in [1.82, 2.24) is 0 Å². The van der Waals surface area contributed by atoms with Crippen molar-refractivity contribution in [2.24, 2.45) is 0 Å². The van der Waals surface area contributed by atoms with Crippen molar-refractivity contribution in [3.8, 4) is 0 Å². The highest BCUT2D eigenvalue weighted by atomic mass is 35.5. The number of carbonyl (C=O) groups is 1. The van der Waals surface area contributed by atoms with E-state index >= 15 is 0 Å². The van der Waals surface area contributed by atoms with Gasteiger partial charge < -0.3 is 9.53 Å². The molecule has 1 aliphatic rings. The average molecular weight is 183 g/mol. The van der Waals surface area contributed by atoms with Crippen molar-refractivity contribution >= 4 is 29.5 Å². The molecule has 2 nitrogen and oxygen atoms in total. The summed E-state index contributed by atoms with van der Waals surface area (Å²) in [6.45, 7) is 1.78. The van der Waals surface area contributed by atoms with Crippen molar-refractivity contribution in [2.45, 2.75) is 29.9 Å². The first kappa shape index (κ1) is 8.31. The number of alkyl halides is 2. The van der Waals surface area contributed by atoms with Gasteiger partial charge in [0.25, 0.3) is 0 Å². The topological polar surface area (TPSA) is 29.6 Å². The number of rotatable bonds is 3. The van der Waals surface area contributed by atoms with Crippen LogP contribution in [0.3, 0.4) is 0 Å². The Kier molecular flexibility index (Phi) is 2.55. The van der Waals surface area contributed by atoms with E-state index in [4.69, 9.17) is 27.9 Å². The summed E-state index contributed by atoms with van der Waals surface area (Å²) in [7, 11) is 0. The Morgan fingerprint density at radius 3 is 2.50 bits per heavy atom. The van der Waals surface area contributed by atoms with Crippen molar-refractivity contribution in [3.05, 3.63) is 0 Å². The van der Waals surface area contributed by atoms with Gasteiger partial charge in [0.2, 0.25) is 0 Å². The van der Waals surface area contributed by atoms with Crippen LogP contribution in [0.4, 0.5) is 0 Å². The molecule has 0 amide bonds. The maximum Gasteiger partial charge on any atom is 0.151 e. The summed E-state index contributed by atoms with van der Waals surface area (Å²) < 4.78 is 4.90. The molecule has 10 heavy (non-hydrogen) atoms. The van der Waals surface area contributed by atoms with Gasteiger partial charge in [-0.2, -0.15) is 0 Å². The van der Waals surface area contributed by atoms with E-state index < -0.39 is 0 Å². The van der Waals surface area contributed by atoms with E-state index in [0.717, 1.165) is 6.29 Å². The third-order valence-electron chi connectivity index (χ3n) is 1.45. The van der Waals surface area contributed by atoms with Gasteiger partial charge >= 0.3 is 0 Å². The van der Waals surface area contributed by atoms with Gasteiger partial charge in [0.15, 0.2) is 6.29 Å². The number of hydrogen-bond acceptors (Lipinski definition) is 2. The average Bonchev–Trinajstić information content (AvgIpc) is 2.64. The normalized spacial score (nSPS) is 36.7. The third-order valence-corrected chi connectivity index (χ3v) is 2.47. The quantitative estimate of drug-likeness (QED) is 0.373. The number of hydrogen-bond donors (Lipinski definition) is 0. The molecule has 1 saturated heterocycles. The number of carbonyl (C=O) groups excluding carboxylic acids is 1. The molecule has 1 heterocycles. The Labute approximate surface area is 69.4 Å². The van der Waals surface area contributed by atoms with Crippen molar-refractivity contribution in [1.29, 1.82) is 0 Å². The zero-order valence-electron chi connectivity index (χ0n) is 5.46. The minimum atomic E-state index is -0.316. The van der Waals surface area contributed by atoms with E-state index in [9.17, 15) is 4.79 Å². The van der Waals surface area contributed by atoms with Crippen LogP contribution in [0.15, 0.2) is 0 Å². The fraction of sp³-hybridized carbons (Fsp3) is 0.833. The molecule has 0 saturated carbocycles. The molecule has 4 atom stereocenters. The maximum absolute atomic E-state index is 10.1. The minimum absolute atomic E-state index is 0.156. The summed E-state index contributed by atoms with van der Waals surface area (Å²) in [6.07, 6.45) is 0.273. The molecule has 0 N–H and O–H groups in total. The van der Waals surface area contributed by atoms with E-state index in [1.165, 1.54) is 0 Å². The second kappa shape index (κ2) is 3.07. The first-order chi connectivity index (χ1) is 4.66. The molecule has 0 aromatic rings. The fourth-order valence-electron chi connectivity index (χ4n) is 0.763. The van der Waals surface area contributed by atoms with Crippen LogP contribution in [0.5, 0.6) is 0 Å². The van der Waals surface area contributed by atoms with Crippen LogP contribution < -0.4 is 0 Å². The smallest absolute Gasteiger partial charge is 0.151 e. The molecule has 1 fully saturated rings. The highest BCUT2D eigenvalue weighted by Gasteiger charge is 2.45. The highest BCUT2D eigenvalue weighted by Crippen LogP contribution is 2.30. The van der Waals surface area contributed by atoms with Gasteiger partial charge in [0, 0.05) is 5.38 Å². The van der Waals surface area contributed by atoms with Crippen LogP contribution in [0.25, 0.3) is 0 Å². The lowest BCUT2D eigenvalue weighted by molar-refractivity contribution is -0.108. The molecule has 4 heteroatoms. The zero-order valence-corrected chi connectivity index (χ0v) is 6.97.